The van der Waals surface area contributed by atoms with Crippen molar-refractivity contribution in [3.8, 4) is 5.75 Å². The fraction of sp³-hybridized carbons (Fsp3) is 0.440. The zero-order valence-electron chi connectivity index (χ0n) is 17.5. The van der Waals surface area contributed by atoms with E-state index >= 15 is 0 Å². The predicted molar refractivity (Wildman–Crippen MR) is 112 cm³/mol. The monoisotopic (exact) mass is 420 g/mol. The fourth-order valence-corrected chi connectivity index (χ4v) is 4.36. The van der Waals surface area contributed by atoms with Gasteiger partial charge in [-0.1, -0.05) is 30.4 Å². The second-order valence-corrected chi connectivity index (χ2v) is 7.91. The first kappa shape index (κ1) is 22.4. The standard InChI is InChI=1S/C25H28F4O/c1-3-5-18-12-13-19(23(27)22(18)26)11-8-16-6-9-17(10-7-16)20-14-15-21(30-4-2)25(29)24(20)28/h3,5,12-17H,4,6-11H2,1-2H3/b5-3+. The normalized spacial score (nSPS) is 19.4. The van der Waals surface area contributed by atoms with Crippen LogP contribution in [0.15, 0.2) is 30.3 Å². The highest BCUT2D eigenvalue weighted by Gasteiger charge is 2.27. The van der Waals surface area contributed by atoms with Crippen molar-refractivity contribution in [2.45, 2.75) is 58.3 Å². The van der Waals surface area contributed by atoms with E-state index in [0.717, 1.165) is 32.1 Å². The van der Waals surface area contributed by atoms with Crippen molar-refractivity contribution in [1.29, 1.82) is 0 Å². The molecule has 0 heterocycles. The van der Waals surface area contributed by atoms with E-state index in [1.54, 1.807) is 44.2 Å². The third-order valence-corrected chi connectivity index (χ3v) is 6.02. The SMILES string of the molecule is C/C=C/c1ccc(CCC2CCC(c3ccc(OCC)c(F)c3F)CC2)c(F)c1F. The molecule has 0 unspecified atom stereocenters. The molecule has 1 saturated carbocycles. The second kappa shape index (κ2) is 10.1. The van der Waals surface area contributed by atoms with Gasteiger partial charge in [-0.25, -0.2) is 13.2 Å². The van der Waals surface area contributed by atoms with Crippen LogP contribution in [0.2, 0.25) is 0 Å². The van der Waals surface area contributed by atoms with E-state index < -0.39 is 23.3 Å². The molecule has 5 heteroatoms. The van der Waals surface area contributed by atoms with Gasteiger partial charge in [0.1, 0.15) is 0 Å². The van der Waals surface area contributed by atoms with Crippen LogP contribution < -0.4 is 4.74 Å². The van der Waals surface area contributed by atoms with Crippen LogP contribution in [0.5, 0.6) is 5.75 Å². The minimum atomic E-state index is -0.921. The number of ether oxygens (including phenoxy) is 1. The molecule has 2 aromatic carbocycles. The first-order valence-electron chi connectivity index (χ1n) is 10.7. The van der Waals surface area contributed by atoms with Gasteiger partial charge in [-0.2, -0.15) is 4.39 Å². The largest absolute Gasteiger partial charge is 0.491 e. The van der Waals surface area contributed by atoms with Crippen LogP contribution in [0.3, 0.4) is 0 Å². The van der Waals surface area contributed by atoms with E-state index in [1.807, 2.05) is 0 Å². The lowest BCUT2D eigenvalue weighted by Crippen LogP contribution is -2.16. The summed E-state index contributed by atoms with van der Waals surface area (Å²) in [6.45, 7) is 3.77. The zero-order chi connectivity index (χ0) is 21.7. The van der Waals surface area contributed by atoms with Gasteiger partial charge in [-0.3, -0.25) is 0 Å². The highest BCUT2D eigenvalue weighted by atomic mass is 19.2. The molecule has 30 heavy (non-hydrogen) atoms. The number of rotatable bonds is 7. The van der Waals surface area contributed by atoms with Gasteiger partial charge in [-0.05, 0) is 81.4 Å². The summed E-state index contributed by atoms with van der Waals surface area (Å²) in [6.07, 6.45) is 7.69. The first-order valence-corrected chi connectivity index (χ1v) is 10.7. The van der Waals surface area contributed by atoms with Gasteiger partial charge in [0.2, 0.25) is 5.82 Å². The van der Waals surface area contributed by atoms with Gasteiger partial charge in [0, 0.05) is 5.56 Å². The maximum absolute atomic E-state index is 14.5. The van der Waals surface area contributed by atoms with Gasteiger partial charge in [0.25, 0.3) is 0 Å². The van der Waals surface area contributed by atoms with Crippen molar-refractivity contribution in [1.82, 2.24) is 0 Å². The Bertz CT molecular complexity index is 899. The van der Waals surface area contributed by atoms with E-state index in [1.165, 1.54) is 6.07 Å². The first-order chi connectivity index (χ1) is 14.5. The smallest absolute Gasteiger partial charge is 0.200 e. The van der Waals surface area contributed by atoms with Gasteiger partial charge < -0.3 is 4.74 Å². The Kier molecular flexibility index (Phi) is 7.57. The molecule has 0 amide bonds. The van der Waals surface area contributed by atoms with Crippen molar-refractivity contribution in [2.24, 2.45) is 5.92 Å². The number of hydrogen-bond donors (Lipinski definition) is 0. The number of aryl methyl sites for hydroxylation is 1. The number of halogens is 4. The molecule has 1 nitrogen and oxygen atoms in total. The molecular weight excluding hydrogens is 392 g/mol. The van der Waals surface area contributed by atoms with Crippen molar-refractivity contribution >= 4 is 6.08 Å². The molecule has 1 fully saturated rings. The molecule has 0 aliphatic heterocycles. The third kappa shape index (κ3) is 4.88. The van der Waals surface area contributed by atoms with Crippen molar-refractivity contribution in [3.05, 3.63) is 70.3 Å². The maximum atomic E-state index is 14.5. The fourth-order valence-electron chi connectivity index (χ4n) is 4.36. The van der Waals surface area contributed by atoms with Crippen LogP contribution in [-0.2, 0) is 6.42 Å². The van der Waals surface area contributed by atoms with Gasteiger partial charge in [0.05, 0.1) is 6.61 Å². The summed E-state index contributed by atoms with van der Waals surface area (Å²) in [7, 11) is 0. The second-order valence-electron chi connectivity index (χ2n) is 7.91. The van der Waals surface area contributed by atoms with E-state index in [0.29, 0.717) is 23.5 Å². The van der Waals surface area contributed by atoms with E-state index in [-0.39, 0.29) is 23.8 Å². The molecule has 1 aliphatic carbocycles. The number of hydrogen-bond acceptors (Lipinski definition) is 1. The van der Waals surface area contributed by atoms with Gasteiger partial charge in [-0.15, -0.1) is 0 Å². The average Bonchev–Trinajstić information content (AvgIpc) is 2.75. The van der Waals surface area contributed by atoms with Gasteiger partial charge in [0.15, 0.2) is 23.2 Å². The lowest BCUT2D eigenvalue weighted by Gasteiger charge is -2.29. The predicted octanol–water partition coefficient (Wildman–Crippen LogP) is 7.58. The summed E-state index contributed by atoms with van der Waals surface area (Å²) in [5, 5.41) is 0. The van der Waals surface area contributed by atoms with E-state index in [4.69, 9.17) is 4.74 Å². The molecule has 0 spiro atoms. The summed E-state index contributed by atoms with van der Waals surface area (Å²) in [5.74, 6) is -3.02. The quantitative estimate of drug-likeness (QED) is 0.420. The van der Waals surface area contributed by atoms with Crippen LogP contribution in [0.25, 0.3) is 6.08 Å². The minimum absolute atomic E-state index is 0.0271. The van der Waals surface area contributed by atoms with E-state index in [9.17, 15) is 17.6 Å². The molecular formula is C25H28F4O. The molecule has 162 valence electrons. The summed E-state index contributed by atoms with van der Waals surface area (Å²) in [6, 6.07) is 6.38. The highest BCUT2D eigenvalue weighted by molar-refractivity contribution is 5.50. The Morgan fingerprint density at radius 3 is 2.30 bits per heavy atom. The molecule has 0 bridgehead atoms. The molecule has 0 radical (unpaired) electrons. The molecule has 0 N–H and O–H groups in total. The zero-order valence-corrected chi connectivity index (χ0v) is 17.5. The average molecular weight is 420 g/mol. The van der Waals surface area contributed by atoms with Crippen LogP contribution in [0.1, 0.15) is 68.6 Å². The van der Waals surface area contributed by atoms with Crippen molar-refractivity contribution in [2.75, 3.05) is 6.61 Å². The Balaban J connectivity index is 1.58. The molecule has 2 aromatic rings. The summed E-state index contributed by atoms with van der Waals surface area (Å²) < 4.78 is 62.1. The summed E-state index contributed by atoms with van der Waals surface area (Å²) in [5.41, 5.74) is 1.05. The molecule has 1 aliphatic rings. The molecule has 0 saturated heterocycles. The van der Waals surface area contributed by atoms with Crippen LogP contribution in [0.4, 0.5) is 17.6 Å². The highest BCUT2D eigenvalue weighted by Crippen LogP contribution is 2.40. The van der Waals surface area contributed by atoms with Crippen LogP contribution in [-0.4, -0.2) is 6.61 Å². The number of allylic oxidation sites excluding steroid dienone is 1. The third-order valence-electron chi connectivity index (χ3n) is 6.02. The number of benzene rings is 2. The Labute approximate surface area is 175 Å². The van der Waals surface area contributed by atoms with Gasteiger partial charge >= 0.3 is 0 Å². The Hall–Kier alpha value is -2.30. The molecule has 3 rings (SSSR count). The van der Waals surface area contributed by atoms with Crippen LogP contribution in [0, 0.1) is 29.2 Å². The minimum Gasteiger partial charge on any atom is -0.491 e. The van der Waals surface area contributed by atoms with E-state index in [2.05, 4.69) is 0 Å². The maximum Gasteiger partial charge on any atom is 0.200 e. The summed E-state index contributed by atoms with van der Waals surface area (Å²) in [4.78, 5) is 0. The Morgan fingerprint density at radius 1 is 0.900 bits per heavy atom. The summed E-state index contributed by atoms with van der Waals surface area (Å²) >= 11 is 0. The Morgan fingerprint density at radius 2 is 1.63 bits per heavy atom. The topological polar surface area (TPSA) is 9.23 Å². The lowest BCUT2D eigenvalue weighted by atomic mass is 9.76. The van der Waals surface area contributed by atoms with Crippen molar-refractivity contribution < 1.29 is 22.3 Å². The van der Waals surface area contributed by atoms with Crippen LogP contribution >= 0.6 is 0 Å². The van der Waals surface area contributed by atoms with Crippen molar-refractivity contribution in [3.63, 3.8) is 0 Å². The molecule has 0 atom stereocenters. The molecule has 0 aromatic heterocycles. The lowest BCUT2D eigenvalue weighted by molar-refractivity contribution is 0.296.